The SMILES string of the molecule is CC(OC(OCC(=O)O)C(=O)c1ccc(F)cc1)c1cc(C(F)(F)F)cc(C(F)(F)F)c1. The van der Waals surface area contributed by atoms with Crippen LogP contribution in [0.1, 0.15) is 40.1 Å². The number of hydrogen-bond donors (Lipinski definition) is 1. The Hall–Kier alpha value is -2.99. The predicted molar refractivity (Wildman–Crippen MR) is 94.1 cm³/mol. The van der Waals surface area contributed by atoms with Gasteiger partial charge in [-0.3, -0.25) is 4.79 Å². The van der Waals surface area contributed by atoms with Crippen LogP contribution < -0.4 is 0 Å². The van der Waals surface area contributed by atoms with E-state index in [1.165, 1.54) is 0 Å². The molecule has 0 aliphatic heterocycles. The first-order valence-corrected chi connectivity index (χ1v) is 8.76. The van der Waals surface area contributed by atoms with Crippen molar-refractivity contribution in [3.8, 4) is 0 Å². The summed E-state index contributed by atoms with van der Waals surface area (Å²) in [5.41, 5.74) is -3.95. The molecule has 0 heterocycles. The number of carboxylic acid groups (broad SMARTS) is 1. The number of benzene rings is 2. The second-order valence-electron chi connectivity index (χ2n) is 6.53. The van der Waals surface area contributed by atoms with Gasteiger partial charge in [0.15, 0.2) is 0 Å². The molecule has 0 aromatic heterocycles. The highest BCUT2D eigenvalue weighted by Crippen LogP contribution is 2.38. The van der Waals surface area contributed by atoms with E-state index in [1.54, 1.807) is 0 Å². The Morgan fingerprint density at radius 1 is 0.938 bits per heavy atom. The summed E-state index contributed by atoms with van der Waals surface area (Å²) < 4.78 is 102. The second-order valence-corrected chi connectivity index (χ2v) is 6.53. The number of rotatable bonds is 8. The fourth-order valence-corrected chi connectivity index (χ4v) is 2.55. The van der Waals surface area contributed by atoms with Gasteiger partial charge in [0.2, 0.25) is 12.1 Å². The highest BCUT2D eigenvalue weighted by Gasteiger charge is 2.38. The van der Waals surface area contributed by atoms with Gasteiger partial charge in [-0.2, -0.15) is 26.3 Å². The van der Waals surface area contributed by atoms with Crippen molar-refractivity contribution in [2.45, 2.75) is 31.7 Å². The minimum atomic E-state index is -5.10. The first-order valence-electron chi connectivity index (χ1n) is 8.76. The average molecular weight is 468 g/mol. The third-order valence-corrected chi connectivity index (χ3v) is 4.11. The number of Topliss-reactive ketones (excluding diaryl/α,β-unsaturated/α-hetero) is 1. The fraction of sp³-hybridized carbons (Fsp3) is 0.300. The number of ketones is 1. The lowest BCUT2D eigenvalue weighted by atomic mass is 10.0. The van der Waals surface area contributed by atoms with Crippen LogP contribution in [0, 0.1) is 5.82 Å². The van der Waals surface area contributed by atoms with Gasteiger partial charge in [0, 0.05) is 5.56 Å². The number of aliphatic carboxylic acids is 1. The summed E-state index contributed by atoms with van der Waals surface area (Å²) in [6.45, 7) is 0.00538. The molecule has 0 amide bonds. The van der Waals surface area contributed by atoms with Crippen molar-refractivity contribution in [1.29, 1.82) is 0 Å². The van der Waals surface area contributed by atoms with Crippen molar-refractivity contribution in [2.75, 3.05) is 6.61 Å². The van der Waals surface area contributed by atoms with Gasteiger partial charge >= 0.3 is 18.3 Å². The monoisotopic (exact) mass is 468 g/mol. The Morgan fingerprint density at radius 2 is 1.44 bits per heavy atom. The summed E-state index contributed by atoms with van der Waals surface area (Å²) >= 11 is 0. The van der Waals surface area contributed by atoms with E-state index in [-0.39, 0.29) is 11.6 Å². The fourth-order valence-electron chi connectivity index (χ4n) is 2.55. The van der Waals surface area contributed by atoms with Gasteiger partial charge < -0.3 is 14.6 Å². The van der Waals surface area contributed by atoms with Crippen molar-refractivity contribution >= 4 is 11.8 Å². The number of carbonyl (C=O) groups excluding carboxylic acids is 1. The zero-order chi connectivity index (χ0) is 24.3. The van der Waals surface area contributed by atoms with Gasteiger partial charge in [0.1, 0.15) is 12.4 Å². The maximum atomic E-state index is 13.1. The quantitative estimate of drug-likeness (QED) is 0.326. The summed E-state index contributed by atoms with van der Waals surface area (Å²) in [5.74, 6) is -3.22. The molecule has 32 heavy (non-hydrogen) atoms. The topological polar surface area (TPSA) is 72.8 Å². The second kappa shape index (κ2) is 9.65. The van der Waals surface area contributed by atoms with Crippen LogP contribution in [0.2, 0.25) is 0 Å². The van der Waals surface area contributed by atoms with E-state index in [9.17, 15) is 40.3 Å². The molecule has 12 heteroatoms. The summed E-state index contributed by atoms with van der Waals surface area (Å²) in [7, 11) is 0. The number of alkyl halides is 6. The molecular formula is C20H15F7O5. The third kappa shape index (κ3) is 6.76. The molecule has 2 unspecified atom stereocenters. The predicted octanol–water partition coefficient (Wildman–Crippen LogP) is 5.25. The van der Waals surface area contributed by atoms with Gasteiger partial charge in [-0.15, -0.1) is 0 Å². The Labute approximate surface area is 176 Å². The Morgan fingerprint density at radius 3 is 1.88 bits per heavy atom. The van der Waals surface area contributed by atoms with Crippen LogP contribution in [0.4, 0.5) is 30.7 Å². The lowest BCUT2D eigenvalue weighted by Crippen LogP contribution is -2.31. The molecule has 0 spiro atoms. The molecule has 174 valence electrons. The van der Waals surface area contributed by atoms with Gasteiger partial charge in [0.05, 0.1) is 17.2 Å². The molecule has 0 radical (unpaired) electrons. The molecule has 2 atom stereocenters. The smallest absolute Gasteiger partial charge is 0.416 e. The molecule has 0 bridgehead atoms. The molecule has 2 aromatic carbocycles. The number of carbonyl (C=O) groups is 2. The van der Waals surface area contributed by atoms with Gasteiger partial charge in [0.25, 0.3) is 0 Å². The zero-order valence-electron chi connectivity index (χ0n) is 16.1. The normalized spacial score (nSPS) is 14.1. The third-order valence-electron chi connectivity index (χ3n) is 4.11. The minimum Gasteiger partial charge on any atom is -0.480 e. The number of halogens is 7. The van der Waals surface area contributed by atoms with Crippen molar-refractivity contribution in [3.63, 3.8) is 0 Å². The molecule has 0 aliphatic rings. The molecule has 0 fully saturated rings. The molecule has 0 aliphatic carbocycles. The van der Waals surface area contributed by atoms with Crippen LogP contribution >= 0.6 is 0 Å². The van der Waals surface area contributed by atoms with Crippen LogP contribution in [0.5, 0.6) is 0 Å². The molecule has 2 aromatic rings. The average Bonchev–Trinajstić information content (AvgIpc) is 2.69. The van der Waals surface area contributed by atoms with Crippen LogP contribution in [0.15, 0.2) is 42.5 Å². The van der Waals surface area contributed by atoms with Crippen molar-refractivity contribution in [2.24, 2.45) is 0 Å². The zero-order valence-corrected chi connectivity index (χ0v) is 16.1. The summed E-state index contributed by atoms with van der Waals surface area (Å²) in [6, 6.07) is 4.62. The molecule has 0 saturated carbocycles. The maximum absolute atomic E-state index is 13.1. The Kier molecular flexibility index (Phi) is 7.62. The molecule has 2 rings (SSSR count). The highest BCUT2D eigenvalue weighted by molar-refractivity contribution is 5.98. The molecule has 1 N–H and O–H groups in total. The molecule has 0 saturated heterocycles. The first kappa shape index (κ1) is 25.3. The van der Waals surface area contributed by atoms with Crippen LogP contribution in [0.25, 0.3) is 0 Å². The Balaban J connectivity index is 2.39. The van der Waals surface area contributed by atoms with Gasteiger partial charge in [-0.25, -0.2) is 9.18 Å². The van der Waals surface area contributed by atoms with Crippen molar-refractivity contribution < 1.29 is 54.9 Å². The lowest BCUT2D eigenvalue weighted by Gasteiger charge is -2.23. The number of hydrogen-bond acceptors (Lipinski definition) is 4. The number of carboxylic acids is 1. The first-order chi connectivity index (χ1) is 14.7. The standard InChI is InChI=1S/C20H15F7O5/c1-10(12-6-13(19(22,23)24)8-14(7-12)20(25,26)27)32-18(31-9-16(28)29)17(30)11-2-4-15(21)5-3-11/h2-8,10,18H,9H2,1H3,(H,28,29). The van der Waals surface area contributed by atoms with Crippen LogP contribution in [-0.4, -0.2) is 29.8 Å². The van der Waals surface area contributed by atoms with Crippen LogP contribution in [-0.2, 0) is 26.6 Å². The van der Waals surface area contributed by atoms with E-state index in [1.807, 2.05) is 0 Å². The maximum Gasteiger partial charge on any atom is 0.416 e. The van der Waals surface area contributed by atoms with Gasteiger partial charge in [-0.05, 0) is 55.0 Å². The van der Waals surface area contributed by atoms with E-state index in [0.717, 1.165) is 31.2 Å². The highest BCUT2D eigenvalue weighted by atomic mass is 19.4. The van der Waals surface area contributed by atoms with E-state index in [0.29, 0.717) is 12.1 Å². The minimum absolute atomic E-state index is 0.0711. The number of ether oxygens (including phenoxy) is 2. The summed E-state index contributed by atoms with van der Waals surface area (Å²) in [4.78, 5) is 23.3. The summed E-state index contributed by atoms with van der Waals surface area (Å²) in [6.07, 6.45) is -13.8. The molecule has 5 nitrogen and oxygen atoms in total. The van der Waals surface area contributed by atoms with Crippen LogP contribution in [0.3, 0.4) is 0 Å². The van der Waals surface area contributed by atoms with E-state index in [4.69, 9.17) is 14.6 Å². The van der Waals surface area contributed by atoms with E-state index >= 15 is 0 Å². The summed E-state index contributed by atoms with van der Waals surface area (Å²) in [5, 5.41) is 8.76. The van der Waals surface area contributed by atoms with Gasteiger partial charge in [-0.1, -0.05) is 0 Å². The van der Waals surface area contributed by atoms with E-state index < -0.39 is 65.6 Å². The van der Waals surface area contributed by atoms with E-state index in [2.05, 4.69) is 0 Å². The molecular weight excluding hydrogens is 453 g/mol. The van der Waals surface area contributed by atoms with Crippen molar-refractivity contribution in [1.82, 2.24) is 0 Å². The van der Waals surface area contributed by atoms with Crippen molar-refractivity contribution in [3.05, 3.63) is 70.5 Å². The lowest BCUT2D eigenvalue weighted by molar-refractivity contribution is -0.166. The Bertz CT molecular complexity index is 936. The largest absolute Gasteiger partial charge is 0.480 e.